The van der Waals surface area contributed by atoms with Gasteiger partial charge in [0.05, 0.1) is 18.1 Å². The van der Waals surface area contributed by atoms with E-state index in [-0.39, 0.29) is 29.8 Å². The number of aromatic nitrogens is 5. The number of hydrogen-bond acceptors (Lipinski definition) is 6. The van der Waals surface area contributed by atoms with E-state index in [1.807, 2.05) is 6.92 Å². The number of pyridine rings is 1. The minimum atomic E-state index is -0.550. The molecule has 2 aliphatic heterocycles. The Morgan fingerprint density at radius 1 is 1.15 bits per heavy atom. The Balaban J connectivity index is 1.55. The number of carbonyl (C=O) groups excluding carboxylic acids is 1. The Hall–Kier alpha value is -4.21. The Kier molecular flexibility index (Phi) is 4.29. The van der Waals surface area contributed by atoms with Crippen LogP contribution < -0.4 is 10.6 Å². The number of fused-ring (bicyclic) bond motifs is 1. The van der Waals surface area contributed by atoms with E-state index in [1.54, 1.807) is 18.2 Å². The van der Waals surface area contributed by atoms with Crippen LogP contribution in [0.15, 0.2) is 48.8 Å². The first-order valence-electron chi connectivity index (χ1n) is 10.7. The molecule has 0 bridgehead atoms. The van der Waals surface area contributed by atoms with Crippen LogP contribution in [0.1, 0.15) is 30.9 Å². The molecule has 2 N–H and O–H groups in total. The average Bonchev–Trinajstić information content (AvgIpc) is 3.11. The molecule has 4 aromatic rings. The fourth-order valence-corrected chi connectivity index (χ4v) is 4.87. The topological polar surface area (TPSA) is 97.6 Å². The molecular weight excluding hydrogens is 440 g/mol. The third-order valence-corrected chi connectivity index (χ3v) is 6.26. The second-order valence-electron chi connectivity index (χ2n) is 8.93. The first-order valence-corrected chi connectivity index (χ1v) is 10.7. The number of allylic oxidation sites excluding steroid dienone is 1. The van der Waals surface area contributed by atoms with Crippen LogP contribution in [0.25, 0.3) is 22.6 Å². The summed E-state index contributed by atoms with van der Waals surface area (Å²) in [5, 5.41) is 11.0. The van der Waals surface area contributed by atoms with E-state index in [1.165, 1.54) is 16.8 Å². The first-order chi connectivity index (χ1) is 16.3. The van der Waals surface area contributed by atoms with Crippen molar-refractivity contribution in [2.24, 2.45) is 0 Å². The van der Waals surface area contributed by atoms with Gasteiger partial charge < -0.3 is 10.6 Å². The second-order valence-corrected chi connectivity index (χ2v) is 8.93. The second kappa shape index (κ2) is 7.14. The van der Waals surface area contributed by atoms with Crippen molar-refractivity contribution < 1.29 is 13.6 Å². The van der Waals surface area contributed by atoms with Crippen molar-refractivity contribution in [1.82, 2.24) is 24.7 Å². The van der Waals surface area contributed by atoms with Crippen molar-refractivity contribution in [2.45, 2.75) is 31.7 Å². The monoisotopic (exact) mass is 459 g/mol. The number of hydrogen-bond donors (Lipinski definition) is 2. The van der Waals surface area contributed by atoms with Gasteiger partial charge in [-0.1, -0.05) is 31.7 Å². The van der Waals surface area contributed by atoms with Crippen molar-refractivity contribution in [3.63, 3.8) is 0 Å². The van der Waals surface area contributed by atoms with Gasteiger partial charge in [0.2, 0.25) is 5.91 Å². The van der Waals surface area contributed by atoms with Gasteiger partial charge in [-0.05, 0) is 18.6 Å². The zero-order chi connectivity index (χ0) is 23.6. The highest BCUT2D eigenvalue weighted by Gasteiger charge is 2.43. The lowest BCUT2D eigenvalue weighted by Gasteiger charge is -2.40. The van der Waals surface area contributed by atoms with E-state index in [0.29, 0.717) is 41.1 Å². The number of nitrogens with one attached hydrogen (secondary N) is 2. The van der Waals surface area contributed by atoms with Gasteiger partial charge in [-0.3, -0.25) is 4.79 Å². The van der Waals surface area contributed by atoms with Crippen molar-refractivity contribution in [3.05, 3.63) is 71.6 Å². The van der Waals surface area contributed by atoms with Crippen molar-refractivity contribution >= 4 is 28.6 Å². The number of benzene rings is 1. The molecule has 1 aromatic carbocycles. The van der Waals surface area contributed by atoms with Crippen LogP contribution in [-0.2, 0) is 16.8 Å². The predicted molar refractivity (Wildman–Crippen MR) is 122 cm³/mol. The van der Waals surface area contributed by atoms with E-state index >= 15 is 0 Å². The summed E-state index contributed by atoms with van der Waals surface area (Å²) in [4.78, 5) is 25.9. The van der Waals surface area contributed by atoms with Crippen LogP contribution >= 0.6 is 0 Å². The number of nitrogens with zero attached hydrogens (tertiary/aromatic N) is 5. The molecule has 5 heterocycles. The molecule has 34 heavy (non-hydrogen) atoms. The Morgan fingerprint density at radius 3 is 2.71 bits per heavy atom. The lowest BCUT2D eigenvalue weighted by molar-refractivity contribution is -0.117. The van der Waals surface area contributed by atoms with Crippen LogP contribution in [0.5, 0.6) is 0 Å². The lowest BCUT2D eigenvalue weighted by atomic mass is 9.72. The van der Waals surface area contributed by atoms with Gasteiger partial charge in [-0.25, -0.2) is 28.4 Å². The molecule has 1 unspecified atom stereocenters. The Labute approximate surface area is 192 Å². The highest BCUT2D eigenvalue weighted by Crippen LogP contribution is 2.48. The van der Waals surface area contributed by atoms with E-state index < -0.39 is 11.2 Å². The molecule has 0 radical (unpaired) electrons. The van der Waals surface area contributed by atoms with Crippen LogP contribution in [0.4, 0.5) is 20.4 Å². The fourth-order valence-electron chi connectivity index (χ4n) is 4.87. The van der Waals surface area contributed by atoms with E-state index in [9.17, 15) is 13.6 Å². The van der Waals surface area contributed by atoms with Crippen LogP contribution in [0.2, 0.25) is 0 Å². The summed E-state index contributed by atoms with van der Waals surface area (Å²) in [6, 6.07) is 7.65. The molecule has 1 atom stereocenters. The number of halogens is 2. The largest absolute Gasteiger partial charge is 0.344 e. The normalized spacial score (nSPS) is 19.0. The summed E-state index contributed by atoms with van der Waals surface area (Å²) in [5.41, 5.74) is 2.11. The third-order valence-electron chi connectivity index (χ3n) is 6.26. The maximum atomic E-state index is 14.3. The highest BCUT2D eigenvalue weighted by molar-refractivity contribution is 5.97. The van der Waals surface area contributed by atoms with Gasteiger partial charge in [-0.2, -0.15) is 5.10 Å². The highest BCUT2D eigenvalue weighted by atomic mass is 19.1. The molecular formula is C24H19F2N7O. The summed E-state index contributed by atoms with van der Waals surface area (Å²) in [6.45, 7) is 6.11. The molecule has 1 amide bonds. The van der Waals surface area contributed by atoms with Crippen LogP contribution in [0.3, 0.4) is 0 Å². The molecule has 10 heteroatoms. The summed E-state index contributed by atoms with van der Waals surface area (Å²) >= 11 is 0. The zero-order valence-electron chi connectivity index (χ0n) is 18.2. The molecule has 0 saturated heterocycles. The third kappa shape index (κ3) is 3.13. The van der Waals surface area contributed by atoms with E-state index in [0.717, 1.165) is 17.5 Å². The van der Waals surface area contributed by atoms with Gasteiger partial charge >= 0.3 is 0 Å². The minimum Gasteiger partial charge on any atom is -0.344 e. The van der Waals surface area contributed by atoms with Gasteiger partial charge in [0, 0.05) is 28.7 Å². The smallest absolute Gasteiger partial charge is 0.226 e. The van der Waals surface area contributed by atoms with Gasteiger partial charge in [-0.15, -0.1) is 0 Å². The maximum absolute atomic E-state index is 14.3. The molecule has 3 aromatic heterocycles. The van der Waals surface area contributed by atoms with Gasteiger partial charge in [0.1, 0.15) is 29.0 Å². The maximum Gasteiger partial charge on any atom is 0.226 e. The molecule has 0 saturated carbocycles. The minimum absolute atomic E-state index is 0.0868. The van der Waals surface area contributed by atoms with E-state index in [4.69, 9.17) is 0 Å². The number of amides is 1. The van der Waals surface area contributed by atoms with Gasteiger partial charge in [0.25, 0.3) is 0 Å². The average molecular weight is 459 g/mol. The van der Waals surface area contributed by atoms with Crippen molar-refractivity contribution in [2.75, 3.05) is 10.6 Å². The van der Waals surface area contributed by atoms with Crippen LogP contribution in [-0.4, -0.2) is 30.6 Å². The van der Waals surface area contributed by atoms with Crippen molar-refractivity contribution in [1.29, 1.82) is 0 Å². The number of rotatable bonds is 3. The molecule has 2 aliphatic rings. The molecule has 6 rings (SSSR count). The molecule has 170 valence electrons. The predicted octanol–water partition coefficient (Wildman–Crippen LogP) is 4.14. The quantitative estimate of drug-likeness (QED) is 0.478. The molecule has 0 aliphatic carbocycles. The van der Waals surface area contributed by atoms with Crippen molar-refractivity contribution in [3.8, 4) is 11.5 Å². The number of carbonyl (C=O) groups is 1. The number of anilines is 2. The Bertz CT molecular complexity index is 1490. The van der Waals surface area contributed by atoms with E-state index in [2.05, 4.69) is 37.3 Å². The zero-order valence-corrected chi connectivity index (χ0v) is 18.2. The molecule has 0 fully saturated rings. The molecule has 0 spiro atoms. The summed E-state index contributed by atoms with van der Waals surface area (Å²) in [7, 11) is 0. The summed E-state index contributed by atoms with van der Waals surface area (Å²) in [5.74, 6) is 0.0211. The standard InChI is InChI=1S/C24H19F2N7O/c1-12-8-24(2)9-17(34)29-21-18(24)20(28-12)30-22(31-21)19-15-7-14(25)10-27-23(15)33(32-19)11-13-5-3-4-6-16(13)26/h3-7,10H,1,8-9,11H2,2H3,(H2,28,29,30,31,34). The SMILES string of the molecule is C=C1CC2(C)CC(=O)Nc3nc(-c4nn(Cc5ccccc5F)c5ncc(F)cc45)nc(c32)N1. The first kappa shape index (κ1) is 20.4. The lowest BCUT2D eigenvalue weighted by Crippen LogP contribution is -2.40. The summed E-state index contributed by atoms with van der Waals surface area (Å²) in [6.07, 6.45) is 1.96. The Morgan fingerprint density at radius 2 is 1.91 bits per heavy atom. The molecule has 8 nitrogen and oxygen atoms in total. The fraction of sp³-hybridized carbons (Fsp3) is 0.208. The summed E-state index contributed by atoms with van der Waals surface area (Å²) < 4.78 is 30.0. The van der Waals surface area contributed by atoms with Gasteiger partial charge in [0.15, 0.2) is 11.5 Å². The van der Waals surface area contributed by atoms with Crippen LogP contribution in [0, 0.1) is 11.6 Å².